The third kappa shape index (κ3) is 3.52. The Morgan fingerprint density at radius 1 is 1.25 bits per heavy atom. The lowest BCUT2D eigenvalue weighted by molar-refractivity contribution is 0.192. The molecule has 1 aliphatic rings. The quantitative estimate of drug-likeness (QED) is 0.780. The van der Waals surface area contributed by atoms with Gasteiger partial charge in [0.1, 0.15) is 0 Å². The van der Waals surface area contributed by atoms with Crippen LogP contribution in [0.3, 0.4) is 0 Å². The summed E-state index contributed by atoms with van der Waals surface area (Å²) >= 11 is 0. The molecule has 1 aromatic carbocycles. The van der Waals surface area contributed by atoms with E-state index in [4.69, 9.17) is 5.73 Å². The van der Waals surface area contributed by atoms with E-state index in [1.54, 1.807) is 0 Å². The third-order valence-electron chi connectivity index (χ3n) is 3.76. The van der Waals surface area contributed by atoms with E-state index in [-0.39, 0.29) is 12.6 Å². The van der Waals surface area contributed by atoms with Crippen LogP contribution in [0.15, 0.2) is 12.1 Å². The molecule has 0 radical (unpaired) electrons. The molecule has 0 heterocycles. The summed E-state index contributed by atoms with van der Waals surface area (Å²) in [5.74, 6) is -3.07. The highest BCUT2D eigenvalue weighted by Gasteiger charge is 2.28. The molecule has 5 heteroatoms. The first-order valence-corrected chi connectivity index (χ1v) is 7.15. The summed E-state index contributed by atoms with van der Waals surface area (Å²) in [6.45, 7) is 4.02. The summed E-state index contributed by atoms with van der Waals surface area (Å²) < 4.78 is 39.8. The van der Waals surface area contributed by atoms with Crippen LogP contribution in [0.1, 0.15) is 37.8 Å². The Morgan fingerprint density at radius 2 is 1.85 bits per heavy atom. The molecule has 112 valence electrons. The Bertz CT molecular complexity index is 437. The van der Waals surface area contributed by atoms with Crippen molar-refractivity contribution in [2.45, 2.75) is 32.2 Å². The zero-order valence-electron chi connectivity index (χ0n) is 11.7. The second kappa shape index (κ2) is 6.59. The average Bonchev–Trinajstić information content (AvgIpc) is 3.21. The summed E-state index contributed by atoms with van der Waals surface area (Å²) in [5, 5.41) is 0. The van der Waals surface area contributed by atoms with E-state index in [1.807, 2.05) is 0 Å². The van der Waals surface area contributed by atoms with Gasteiger partial charge in [-0.05, 0) is 49.4 Å². The van der Waals surface area contributed by atoms with Gasteiger partial charge in [-0.3, -0.25) is 4.90 Å². The molecular weight excluding hydrogens is 265 g/mol. The van der Waals surface area contributed by atoms with Gasteiger partial charge >= 0.3 is 0 Å². The van der Waals surface area contributed by atoms with Crippen molar-refractivity contribution in [1.82, 2.24) is 4.90 Å². The molecule has 1 fully saturated rings. The lowest BCUT2D eigenvalue weighted by atomic mass is 10.0. The molecule has 1 aliphatic carbocycles. The fourth-order valence-corrected chi connectivity index (χ4v) is 2.56. The molecule has 0 spiro atoms. The highest BCUT2D eigenvalue weighted by atomic mass is 19.2. The lowest BCUT2D eigenvalue weighted by Gasteiger charge is -2.31. The molecular formula is C15H21F3N2. The summed E-state index contributed by atoms with van der Waals surface area (Å²) in [4.78, 5) is 2.16. The van der Waals surface area contributed by atoms with Crippen LogP contribution >= 0.6 is 0 Å². The molecule has 0 bridgehead atoms. The second-order valence-corrected chi connectivity index (χ2v) is 5.49. The standard InChI is InChI=1S/C15H21F3N2/c1-2-5-20(9-10-3-4-10)14(8-19)11-6-12(16)15(18)13(17)7-11/h6-7,10,14H,2-5,8-9,19H2,1H3. The van der Waals surface area contributed by atoms with E-state index < -0.39 is 17.5 Å². The van der Waals surface area contributed by atoms with E-state index in [0.717, 1.165) is 31.6 Å². The molecule has 2 rings (SSSR count). The van der Waals surface area contributed by atoms with Crippen LogP contribution in [0, 0.1) is 23.4 Å². The van der Waals surface area contributed by atoms with Crippen molar-refractivity contribution in [3.8, 4) is 0 Å². The van der Waals surface area contributed by atoms with Crippen LogP contribution in [-0.2, 0) is 0 Å². The summed E-state index contributed by atoms with van der Waals surface area (Å²) in [6, 6.07) is 1.86. The fraction of sp³-hybridized carbons (Fsp3) is 0.600. The minimum absolute atomic E-state index is 0.261. The molecule has 20 heavy (non-hydrogen) atoms. The van der Waals surface area contributed by atoms with E-state index in [0.29, 0.717) is 11.5 Å². The average molecular weight is 286 g/mol. The topological polar surface area (TPSA) is 29.3 Å². The number of nitrogens with zero attached hydrogens (tertiary/aromatic N) is 1. The SMILES string of the molecule is CCCN(CC1CC1)C(CN)c1cc(F)c(F)c(F)c1. The monoisotopic (exact) mass is 286 g/mol. The molecule has 1 unspecified atom stereocenters. The van der Waals surface area contributed by atoms with Gasteiger partial charge in [0.25, 0.3) is 0 Å². The number of nitrogens with two attached hydrogens (primary N) is 1. The molecule has 0 aliphatic heterocycles. The maximum atomic E-state index is 13.4. The zero-order chi connectivity index (χ0) is 14.7. The van der Waals surface area contributed by atoms with Crippen molar-refractivity contribution in [1.29, 1.82) is 0 Å². The first-order chi connectivity index (χ1) is 9.56. The Labute approximate surface area is 117 Å². The minimum atomic E-state index is -1.42. The van der Waals surface area contributed by atoms with Crippen molar-refractivity contribution in [3.05, 3.63) is 35.1 Å². The maximum absolute atomic E-state index is 13.4. The normalized spacial score (nSPS) is 16.7. The van der Waals surface area contributed by atoms with Gasteiger partial charge in [-0.15, -0.1) is 0 Å². The van der Waals surface area contributed by atoms with E-state index in [9.17, 15) is 13.2 Å². The predicted molar refractivity (Wildman–Crippen MR) is 72.7 cm³/mol. The fourth-order valence-electron chi connectivity index (χ4n) is 2.56. The van der Waals surface area contributed by atoms with E-state index in [1.165, 1.54) is 12.8 Å². The zero-order valence-corrected chi connectivity index (χ0v) is 11.7. The number of rotatable bonds is 7. The van der Waals surface area contributed by atoms with Gasteiger partial charge in [0, 0.05) is 19.1 Å². The van der Waals surface area contributed by atoms with E-state index in [2.05, 4.69) is 11.8 Å². The molecule has 2 N–H and O–H groups in total. The highest BCUT2D eigenvalue weighted by molar-refractivity contribution is 5.23. The second-order valence-electron chi connectivity index (χ2n) is 5.49. The number of benzene rings is 1. The Kier molecular flexibility index (Phi) is 5.05. The third-order valence-corrected chi connectivity index (χ3v) is 3.76. The van der Waals surface area contributed by atoms with Gasteiger partial charge < -0.3 is 5.73 Å². The largest absolute Gasteiger partial charge is 0.329 e. The summed E-state index contributed by atoms with van der Waals surface area (Å²) in [7, 11) is 0. The number of halogens is 3. The number of hydrogen-bond donors (Lipinski definition) is 1. The predicted octanol–water partition coefficient (Wildman–Crippen LogP) is 3.23. The molecule has 0 aromatic heterocycles. The lowest BCUT2D eigenvalue weighted by Crippen LogP contribution is -2.36. The first-order valence-electron chi connectivity index (χ1n) is 7.15. The van der Waals surface area contributed by atoms with Crippen molar-refractivity contribution < 1.29 is 13.2 Å². The Balaban J connectivity index is 2.23. The van der Waals surface area contributed by atoms with Crippen molar-refractivity contribution in [2.75, 3.05) is 19.6 Å². The molecule has 1 aromatic rings. The highest BCUT2D eigenvalue weighted by Crippen LogP contribution is 2.33. The molecule has 0 amide bonds. The van der Waals surface area contributed by atoms with Crippen LogP contribution in [0.2, 0.25) is 0 Å². The summed E-state index contributed by atoms with van der Waals surface area (Å²) in [6.07, 6.45) is 3.34. The number of hydrogen-bond acceptors (Lipinski definition) is 2. The van der Waals surface area contributed by atoms with Gasteiger partial charge in [0.2, 0.25) is 0 Å². The molecule has 2 nitrogen and oxygen atoms in total. The van der Waals surface area contributed by atoms with Gasteiger partial charge in [0.15, 0.2) is 17.5 Å². The van der Waals surface area contributed by atoms with Crippen LogP contribution < -0.4 is 5.73 Å². The first kappa shape index (κ1) is 15.3. The molecule has 1 saturated carbocycles. The minimum Gasteiger partial charge on any atom is -0.329 e. The van der Waals surface area contributed by atoms with Crippen LogP contribution in [0.25, 0.3) is 0 Å². The van der Waals surface area contributed by atoms with Crippen molar-refractivity contribution in [3.63, 3.8) is 0 Å². The molecule has 1 atom stereocenters. The van der Waals surface area contributed by atoms with Crippen LogP contribution in [0.5, 0.6) is 0 Å². The van der Waals surface area contributed by atoms with Crippen molar-refractivity contribution in [2.24, 2.45) is 11.7 Å². The van der Waals surface area contributed by atoms with Gasteiger partial charge in [0.05, 0.1) is 0 Å². The van der Waals surface area contributed by atoms with Crippen LogP contribution in [0.4, 0.5) is 13.2 Å². The van der Waals surface area contributed by atoms with Gasteiger partial charge in [-0.1, -0.05) is 6.92 Å². The van der Waals surface area contributed by atoms with Crippen LogP contribution in [-0.4, -0.2) is 24.5 Å². The van der Waals surface area contributed by atoms with Crippen molar-refractivity contribution >= 4 is 0 Å². The maximum Gasteiger partial charge on any atom is 0.194 e. The molecule has 0 saturated heterocycles. The van der Waals surface area contributed by atoms with Gasteiger partial charge in [-0.2, -0.15) is 0 Å². The van der Waals surface area contributed by atoms with Gasteiger partial charge in [-0.25, -0.2) is 13.2 Å². The smallest absolute Gasteiger partial charge is 0.194 e. The van der Waals surface area contributed by atoms with E-state index >= 15 is 0 Å². The Morgan fingerprint density at radius 3 is 2.30 bits per heavy atom. The summed E-state index contributed by atoms with van der Waals surface area (Å²) in [5.41, 5.74) is 6.20. The Hall–Kier alpha value is -1.07.